The van der Waals surface area contributed by atoms with E-state index in [1.54, 1.807) is 53.5 Å². The highest BCUT2D eigenvalue weighted by Gasteiger charge is 2.44. The predicted octanol–water partition coefficient (Wildman–Crippen LogP) is 7.50. The van der Waals surface area contributed by atoms with E-state index in [9.17, 15) is 32.4 Å². The van der Waals surface area contributed by atoms with E-state index in [1.165, 1.54) is 13.2 Å². The van der Waals surface area contributed by atoms with Gasteiger partial charge in [-0.1, -0.05) is 76.4 Å². The second-order valence-corrected chi connectivity index (χ2v) is 21.4. The summed E-state index contributed by atoms with van der Waals surface area (Å²) in [7, 11) is -2.21. The van der Waals surface area contributed by atoms with Crippen LogP contribution in [0.4, 0.5) is 5.69 Å². The summed E-state index contributed by atoms with van der Waals surface area (Å²) in [5, 5.41) is 9.38. The number of anilines is 1. The normalized spacial score (nSPS) is 15.9. The minimum atomic E-state index is -3.69. The van der Waals surface area contributed by atoms with E-state index in [1.807, 2.05) is 57.5 Å². The van der Waals surface area contributed by atoms with Crippen LogP contribution in [0.5, 0.6) is 11.5 Å². The molecule has 3 aromatic carbocycles. The number of carbonyl (C=O) groups excluding carboxylic acids is 5. The van der Waals surface area contributed by atoms with Gasteiger partial charge < -0.3 is 30.3 Å². The van der Waals surface area contributed by atoms with Crippen LogP contribution in [-0.2, 0) is 30.8 Å². The van der Waals surface area contributed by atoms with E-state index in [0.29, 0.717) is 56.1 Å². The molecule has 17 heteroatoms. The number of imide groups is 1. The van der Waals surface area contributed by atoms with Gasteiger partial charge in [0, 0.05) is 25.8 Å². The molecule has 3 atom stereocenters. The smallest absolute Gasteiger partial charge is 0.264 e. The first-order chi connectivity index (χ1) is 31.9. The van der Waals surface area contributed by atoms with Gasteiger partial charge in [0.2, 0.25) is 17.7 Å². The quantitative estimate of drug-likeness (QED) is 0.0522. The topological polar surface area (TPSA) is 193 Å². The van der Waals surface area contributed by atoms with Crippen molar-refractivity contribution in [3.05, 3.63) is 94.1 Å². The van der Waals surface area contributed by atoms with Crippen LogP contribution in [0, 0.1) is 12.3 Å². The van der Waals surface area contributed by atoms with Gasteiger partial charge in [-0.05, 0) is 92.4 Å². The van der Waals surface area contributed by atoms with Crippen molar-refractivity contribution in [2.75, 3.05) is 44.1 Å². The SMILES string of the molecule is CCOc1cc(C(CS(C)(=O)=O)N2C(=O)c3cccc(NC(=O)CCCCCCCNC(C(=O)N4CCCC4C(=O)NCc4ccc(-c5scnc5C)cc4)C(C)(C)C)c3C2=O)ccc1OC. The van der Waals surface area contributed by atoms with Gasteiger partial charge in [0.05, 0.1) is 64.4 Å². The van der Waals surface area contributed by atoms with Gasteiger partial charge in [-0.3, -0.25) is 28.9 Å². The van der Waals surface area contributed by atoms with Crippen molar-refractivity contribution >= 4 is 56.4 Å². The van der Waals surface area contributed by atoms with Gasteiger partial charge in [0.15, 0.2) is 11.5 Å². The Bertz CT molecular complexity index is 2540. The summed E-state index contributed by atoms with van der Waals surface area (Å²) in [4.78, 5) is 76.7. The van der Waals surface area contributed by atoms with E-state index < -0.39 is 45.5 Å². The maximum Gasteiger partial charge on any atom is 0.264 e. The molecule has 0 bridgehead atoms. The number of methoxy groups -OCH3 is 1. The Morgan fingerprint density at radius 1 is 0.955 bits per heavy atom. The van der Waals surface area contributed by atoms with Gasteiger partial charge in [-0.25, -0.2) is 13.4 Å². The number of hydrogen-bond donors (Lipinski definition) is 3. The average Bonchev–Trinajstić information content (AvgIpc) is 4.01. The number of hydrogen-bond acceptors (Lipinski definition) is 12. The molecular weight excluding hydrogens is 893 g/mol. The minimum Gasteiger partial charge on any atom is -0.493 e. The summed E-state index contributed by atoms with van der Waals surface area (Å²) in [6.07, 6.45) is 6.58. The monoisotopic (exact) mass is 956 g/mol. The van der Waals surface area contributed by atoms with Crippen molar-refractivity contribution in [3.63, 3.8) is 0 Å². The molecule has 15 nitrogen and oxygen atoms in total. The number of ether oxygens (including phenoxy) is 2. The Morgan fingerprint density at radius 2 is 1.69 bits per heavy atom. The van der Waals surface area contributed by atoms with Gasteiger partial charge in [0.1, 0.15) is 15.9 Å². The number of sulfone groups is 1. The number of rotatable bonds is 22. The van der Waals surface area contributed by atoms with Crippen molar-refractivity contribution in [1.29, 1.82) is 0 Å². The molecule has 1 aromatic heterocycles. The first-order valence-corrected chi connectivity index (χ1v) is 26.0. The average molecular weight is 957 g/mol. The number of amides is 5. The predicted molar refractivity (Wildman–Crippen MR) is 260 cm³/mol. The molecule has 6 rings (SSSR count). The van der Waals surface area contributed by atoms with Crippen LogP contribution < -0.4 is 25.4 Å². The third kappa shape index (κ3) is 12.7. The fourth-order valence-electron chi connectivity index (χ4n) is 8.76. The lowest BCUT2D eigenvalue weighted by atomic mass is 9.85. The molecule has 1 saturated heterocycles. The van der Waals surface area contributed by atoms with E-state index >= 15 is 0 Å². The fraction of sp³-hybridized carbons (Fsp3) is 0.480. The van der Waals surface area contributed by atoms with E-state index in [-0.39, 0.29) is 46.4 Å². The summed E-state index contributed by atoms with van der Waals surface area (Å²) < 4.78 is 36.4. The molecular formula is C50H64N6O9S2. The zero-order valence-corrected chi connectivity index (χ0v) is 41.2. The molecule has 3 heterocycles. The number of fused-ring (bicyclic) bond motifs is 1. The van der Waals surface area contributed by atoms with E-state index in [2.05, 4.69) is 20.9 Å². The van der Waals surface area contributed by atoms with Gasteiger partial charge >= 0.3 is 0 Å². The number of carbonyl (C=O) groups is 5. The Morgan fingerprint density at radius 3 is 2.36 bits per heavy atom. The molecule has 360 valence electrons. The third-order valence-electron chi connectivity index (χ3n) is 12.2. The van der Waals surface area contributed by atoms with Crippen molar-refractivity contribution in [1.82, 2.24) is 25.4 Å². The standard InChI is InChI=1S/C50H64N6O9S2/c1-8-65-41-28-35(24-25-40(41)64-6)39(30-67(7,62)63)56-47(59)36-16-14-17-37(43(36)48(56)60)54-42(57)19-12-10-9-11-13-26-51-45(50(3,4)5)49(61)55-27-15-18-38(55)46(58)52-29-33-20-22-34(23-21-33)44-32(2)53-31-66-44/h14,16-17,20-25,28,31,38-39,45,51H,8-13,15,18-19,26-27,29-30H2,1-7H3,(H,52,58)(H,54,57). The second-order valence-electron chi connectivity index (χ2n) is 18.4. The lowest BCUT2D eigenvalue weighted by molar-refractivity contribution is -0.142. The summed E-state index contributed by atoms with van der Waals surface area (Å²) in [5.74, 6) is -1.64. The number of likely N-dealkylation sites (tertiary alicyclic amines) is 1. The Balaban J connectivity index is 0.955. The van der Waals surface area contributed by atoms with Crippen LogP contribution in [0.15, 0.2) is 66.2 Å². The maximum absolute atomic E-state index is 14.0. The lowest BCUT2D eigenvalue weighted by Gasteiger charge is -2.35. The molecule has 1 fully saturated rings. The van der Waals surface area contributed by atoms with Crippen LogP contribution in [-0.4, -0.2) is 104 Å². The zero-order valence-electron chi connectivity index (χ0n) is 39.6. The van der Waals surface area contributed by atoms with Crippen LogP contribution in [0.3, 0.4) is 0 Å². The molecule has 3 N–H and O–H groups in total. The minimum absolute atomic E-state index is 0.0150. The van der Waals surface area contributed by atoms with Crippen molar-refractivity contribution in [2.45, 2.75) is 111 Å². The van der Waals surface area contributed by atoms with Crippen LogP contribution in [0.2, 0.25) is 0 Å². The number of nitrogens with zero attached hydrogens (tertiary/aromatic N) is 3. The number of unbranched alkanes of at least 4 members (excludes halogenated alkanes) is 4. The summed E-state index contributed by atoms with van der Waals surface area (Å²) in [5.41, 5.74) is 5.17. The highest BCUT2D eigenvalue weighted by Crippen LogP contribution is 2.39. The Kier molecular flexibility index (Phi) is 17.0. The van der Waals surface area contributed by atoms with E-state index in [0.717, 1.165) is 65.0 Å². The number of thiazole rings is 1. The largest absolute Gasteiger partial charge is 0.493 e. The lowest BCUT2D eigenvalue weighted by Crippen LogP contribution is -2.56. The molecule has 0 spiro atoms. The Hall–Kier alpha value is -5.65. The summed E-state index contributed by atoms with van der Waals surface area (Å²) >= 11 is 1.60. The maximum atomic E-state index is 14.0. The fourth-order valence-corrected chi connectivity index (χ4v) is 10.5. The highest BCUT2D eigenvalue weighted by atomic mass is 32.2. The molecule has 3 unspecified atom stereocenters. The number of nitrogens with one attached hydrogen (secondary N) is 3. The molecule has 67 heavy (non-hydrogen) atoms. The van der Waals surface area contributed by atoms with Crippen molar-refractivity contribution in [3.8, 4) is 21.9 Å². The number of aromatic nitrogens is 1. The van der Waals surface area contributed by atoms with Crippen LogP contribution in [0.1, 0.15) is 123 Å². The highest BCUT2D eigenvalue weighted by molar-refractivity contribution is 7.90. The third-order valence-corrected chi connectivity index (χ3v) is 14.1. The van der Waals surface area contributed by atoms with Crippen LogP contribution in [0.25, 0.3) is 10.4 Å². The summed E-state index contributed by atoms with van der Waals surface area (Å²) in [6, 6.07) is 15.4. The Labute approximate surface area is 398 Å². The van der Waals surface area contributed by atoms with Crippen LogP contribution >= 0.6 is 11.3 Å². The first kappa shape index (κ1) is 50.8. The van der Waals surface area contributed by atoms with Crippen molar-refractivity contribution in [2.24, 2.45) is 5.41 Å². The van der Waals surface area contributed by atoms with Crippen molar-refractivity contribution < 1.29 is 41.9 Å². The van der Waals surface area contributed by atoms with Gasteiger partial charge in [-0.15, -0.1) is 11.3 Å². The molecule has 0 radical (unpaired) electrons. The number of benzene rings is 3. The van der Waals surface area contributed by atoms with Gasteiger partial charge in [-0.2, -0.15) is 0 Å². The summed E-state index contributed by atoms with van der Waals surface area (Å²) in [6.45, 7) is 11.7. The van der Waals surface area contributed by atoms with Gasteiger partial charge in [0.25, 0.3) is 11.8 Å². The molecule has 0 saturated carbocycles. The molecule has 4 aromatic rings. The molecule has 2 aliphatic heterocycles. The molecule has 5 amide bonds. The molecule has 0 aliphatic carbocycles. The number of aryl methyl sites for hydroxylation is 1. The van der Waals surface area contributed by atoms with E-state index in [4.69, 9.17) is 9.47 Å². The zero-order chi connectivity index (χ0) is 48.5. The molecule has 2 aliphatic rings. The second kappa shape index (κ2) is 22.4. The first-order valence-electron chi connectivity index (χ1n) is 23.0.